The second kappa shape index (κ2) is 6.61. The van der Waals surface area contributed by atoms with Crippen molar-refractivity contribution >= 4 is 17.8 Å². The van der Waals surface area contributed by atoms with Crippen LogP contribution in [-0.4, -0.2) is 49.1 Å². The number of methoxy groups -OCH3 is 1. The first-order chi connectivity index (χ1) is 11.6. The monoisotopic (exact) mass is 359 g/mol. The van der Waals surface area contributed by atoms with Crippen LogP contribution in [0.3, 0.4) is 0 Å². The fourth-order valence-electron chi connectivity index (χ4n) is 2.36. The van der Waals surface area contributed by atoms with Gasteiger partial charge in [-0.1, -0.05) is 12.1 Å². The van der Waals surface area contributed by atoms with E-state index in [1.807, 2.05) is 0 Å². The van der Waals surface area contributed by atoms with Gasteiger partial charge in [-0.05, 0) is 24.6 Å². The first-order valence-corrected chi connectivity index (χ1v) is 7.19. The lowest BCUT2D eigenvalue weighted by atomic mass is 9.92. The van der Waals surface area contributed by atoms with Crippen LogP contribution in [0.4, 0.5) is 18.0 Å². The van der Waals surface area contributed by atoms with Crippen LogP contribution in [0.2, 0.25) is 0 Å². The third kappa shape index (κ3) is 4.01. The number of benzene rings is 1. The van der Waals surface area contributed by atoms with Gasteiger partial charge in [0.15, 0.2) is 0 Å². The number of hydrogen-bond donors (Lipinski definition) is 2. The second-order valence-corrected chi connectivity index (χ2v) is 5.57. The van der Waals surface area contributed by atoms with Crippen LogP contribution in [0.25, 0.3) is 0 Å². The molecule has 1 aliphatic rings. The van der Waals surface area contributed by atoms with Crippen LogP contribution >= 0.6 is 0 Å². The summed E-state index contributed by atoms with van der Waals surface area (Å²) in [4.78, 5) is 36.7. The molecule has 4 amide bonds. The summed E-state index contributed by atoms with van der Waals surface area (Å²) in [5.74, 6) is -1.27. The Morgan fingerprint density at radius 3 is 2.40 bits per heavy atom. The van der Waals surface area contributed by atoms with Gasteiger partial charge in [0.2, 0.25) is 5.91 Å². The molecule has 1 fully saturated rings. The van der Waals surface area contributed by atoms with Crippen molar-refractivity contribution in [2.45, 2.75) is 18.6 Å². The summed E-state index contributed by atoms with van der Waals surface area (Å²) in [6, 6.07) is 5.48. The van der Waals surface area contributed by atoms with Gasteiger partial charge in [-0.15, -0.1) is 0 Å². The number of alkyl halides is 3. The topological polar surface area (TPSA) is 87.7 Å². The number of nitrogens with one attached hydrogen (secondary N) is 2. The molecule has 1 saturated heterocycles. The first-order valence-electron chi connectivity index (χ1n) is 7.19. The third-order valence-electron chi connectivity index (χ3n) is 3.73. The van der Waals surface area contributed by atoms with E-state index in [-0.39, 0.29) is 0 Å². The summed E-state index contributed by atoms with van der Waals surface area (Å²) in [6.07, 6.45) is -4.58. The quantitative estimate of drug-likeness (QED) is 0.772. The fourth-order valence-corrected chi connectivity index (χ4v) is 2.36. The van der Waals surface area contributed by atoms with Gasteiger partial charge in [0, 0.05) is 0 Å². The predicted octanol–water partition coefficient (Wildman–Crippen LogP) is 1.14. The van der Waals surface area contributed by atoms with Gasteiger partial charge in [-0.3, -0.25) is 14.5 Å². The van der Waals surface area contributed by atoms with E-state index in [1.165, 1.54) is 14.0 Å². The van der Waals surface area contributed by atoms with Gasteiger partial charge in [-0.25, -0.2) is 4.79 Å². The number of carbonyl (C=O) groups is 3. The molecule has 7 nitrogen and oxygen atoms in total. The van der Waals surface area contributed by atoms with Gasteiger partial charge >= 0.3 is 12.2 Å². The number of rotatable bonds is 5. The van der Waals surface area contributed by atoms with E-state index in [4.69, 9.17) is 4.74 Å². The van der Waals surface area contributed by atoms with E-state index in [0.29, 0.717) is 16.2 Å². The molecular formula is C15H16F3N3O4. The second-order valence-electron chi connectivity index (χ2n) is 5.57. The smallest absolute Gasteiger partial charge is 0.405 e. The molecule has 136 valence electrons. The standard InChI is InChI=1S/C15H16F3N3O4/c1-14(9-3-5-10(25-2)6-4-9)12(23)21(13(24)20-14)7-11(22)19-8-15(16,17)18/h3-6H,7-8H2,1-2H3,(H,19,22)(H,20,24)/t14-/m1/s1. The summed E-state index contributed by atoms with van der Waals surface area (Å²) < 4.78 is 41.3. The zero-order valence-corrected chi connectivity index (χ0v) is 13.4. The SMILES string of the molecule is COc1ccc([C@@]2(C)NC(=O)N(CC(=O)NCC(F)(F)F)C2=O)cc1. The van der Waals surface area contributed by atoms with Crippen molar-refractivity contribution in [3.63, 3.8) is 0 Å². The highest BCUT2D eigenvalue weighted by Crippen LogP contribution is 2.29. The van der Waals surface area contributed by atoms with E-state index >= 15 is 0 Å². The molecule has 0 spiro atoms. The fraction of sp³-hybridized carbons (Fsp3) is 0.400. The number of hydrogen-bond acceptors (Lipinski definition) is 4. The average Bonchev–Trinajstić information content (AvgIpc) is 2.77. The summed E-state index contributed by atoms with van der Waals surface area (Å²) in [6.45, 7) is -0.889. The number of halogens is 3. The summed E-state index contributed by atoms with van der Waals surface area (Å²) in [5, 5.41) is 4.07. The number of imide groups is 1. The Bertz CT molecular complexity index is 690. The van der Waals surface area contributed by atoms with E-state index in [2.05, 4.69) is 5.32 Å². The van der Waals surface area contributed by atoms with Crippen molar-refractivity contribution in [1.29, 1.82) is 0 Å². The number of nitrogens with zero attached hydrogens (tertiary/aromatic N) is 1. The van der Waals surface area contributed by atoms with Crippen molar-refractivity contribution < 1.29 is 32.3 Å². The molecule has 2 rings (SSSR count). The number of amides is 4. The first kappa shape index (κ1) is 18.6. The molecule has 25 heavy (non-hydrogen) atoms. The van der Waals surface area contributed by atoms with Crippen LogP contribution in [0.1, 0.15) is 12.5 Å². The van der Waals surface area contributed by atoms with Crippen molar-refractivity contribution in [2.24, 2.45) is 0 Å². The molecule has 0 aliphatic carbocycles. The number of carbonyl (C=O) groups excluding carboxylic acids is 3. The van der Waals surface area contributed by atoms with E-state index in [9.17, 15) is 27.6 Å². The number of urea groups is 1. The average molecular weight is 359 g/mol. The van der Waals surface area contributed by atoms with Gasteiger partial charge in [0.25, 0.3) is 5.91 Å². The predicted molar refractivity (Wildman–Crippen MR) is 79.7 cm³/mol. The molecular weight excluding hydrogens is 343 g/mol. The maximum Gasteiger partial charge on any atom is 0.405 e. The minimum atomic E-state index is -4.58. The molecule has 0 bridgehead atoms. The lowest BCUT2D eigenvalue weighted by molar-refractivity contribution is -0.141. The van der Waals surface area contributed by atoms with Crippen molar-refractivity contribution in [3.05, 3.63) is 29.8 Å². The lowest BCUT2D eigenvalue weighted by Crippen LogP contribution is -2.44. The highest BCUT2D eigenvalue weighted by atomic mass is 19.4. The Morgan fingerprint density at radius 1 is 1.28 bits per heavy atom. The highest BCUT2D eigenvalue weighted by Gasteiger charge is 2.49. The zero-order valence-electron chi connectivity index (χ0n) is 13.4. The van der Waals surface area contributed by atoms with Gasteiger partial charge in [-0.2, -0.15) is 13.2 Å². The summed E-state index contributed by atoms with van der Waals surface area (Å²) >= 11 is 0. The molecule has 1 heterocycles. The highest BCUT2D eigenvalue weighted by molar-refractivity contribution is 6.09. The summed E-state index contributed by atoms with van der Waals surface area (Å²) in [5.41, 5.74) is -0.974. The van der Waals surface area contributed by atoms with Crippen molar-refractivity contribution in [3.8, 4) is 5.75 Å². The van der Waals surface area contributed by atoms with Crippen LogP contribution in [-0.2, 0) is 15.1 Å². The molecule has 1 aromatic carbocycles. The zero-order chi connectivity index (χ0) is 18.8. The van der Waals surface area contributed by atoms with Gasteiger partial charge in [0.05, 0.1) is 7.11 Å². The lowest BCUT2D eigenvalue weighted by Gasteiger charge is -2.22. The van der Waals surface area contributed by atoms with Gasteiger partial charge in [0.1, 0.15) is 24.4 Å². The van der Waals surface area contributed by atoms with Crippen LogP contribution in [0.15, 0.2) is 24.3 Å². The molecule has 1 aromatic rings. The Hall–Kier alpha value is -2.78. The van der Waals surface area contributed by atoms with E-state index in [0.717, 1.165) is 0 Å². The van der Waals surface area contributed by atoms with Crippen molar-refractivity contribution in [2.75, 3.05) is 20.2 Å². The molecule has 0 aromatic heterocycles. The van der Waals surface area contributed by atoms with Crippen LogP contribution in [0.5, 0.6) is 5.75 Å². The molecule has 0 radical (unpaired) electrons. The molecule has 1 atom stereocenters. The molecule has 10 heteroatoms. The van der Waals surface area contributed by atoms with E-state index < -0.39 is 42.7 Å². The van der Waals surface area contributed by atoms with Crippen LogP contribution < -0.4 is 15.4 Å². The van der Waals surface area contributed by atoms with E-state index in [1.54, 1.807) is 29.6 Å². The Labute approximate surface area is 141 Å². The minimum Gasteiger partial charge on any atom is -0.497 e. The molecule has 1 aliphatic heterocycles. The van der Waals surface area contributed by atoms with Crippen LogP contribution in [0, 0.1) is 0 Å². The number of ether oxygens (including phenoxy) is 1. The molecule has 0 saturated carbocycles. The maximum atomic E-state index is 12.5. The van der Waals surface area contributed by atoms with Gasteiger partial charge < -0.3 is 15.4 Å². The normalized spacial score (nSPS) is 20.4. The molecule has 0 unspecified atom stereocenters. The maximum absolute atomic E-state index is 12.5. The Kier molecular flexibility index (Phi) is 4.91. The summed E-state index contributed by atoms with van der Waals surface area (Å²) in [7, 11) is 1.47. The molecule has 2 N–H and O–H groups in total. The Balaban J connectivity index is 2.11. The Morgan fingerprint density at radius 2 is 1.88 bits per heavy atom. The third-order valence-corrected chi connectivity index (χ3v) is 3.73. The minimum absolute atomic E-state index is 0.449. The largest absolute Gasteiger partial charge is 0.497 e. The van der Waals surface area contributed by atoms with Crippen molar-refractivity contribution in [1.82, 2.24) is 15.5 Å².